The summed E-state index contributed by atoms with van der Waals surface area (Å²) in [5, 5.41) is 30.3. The molecule has 0 saturated carbocycles. The van der Waals surface area contributed by atoms with Crippen molar-refractivity contribution in [2.75, 3.05) is 75.4 Å². The molecule has 83 heavy (non-hydrogen) atoms. The SMILES string of the molecule is CN(CCCC(=O)NCCCCCCNc1nc2c(=O)[nH]c(N)nc2n1[C@@H]1O[C@H](COP(=O)(O)OP(=O)(O)OP(=O)([O-])O)[C@@H](O)[C@H]1O)C(=O)c1ccccc1C1=c2cc3c4c(c2Oc2c1cc1c5c2CCCN5CCC1)CCC[N+]=4CCC3. The fourth-order valence-corrected chi connectivity index (χ4v) is 15.5. The number of aromatic amines is 1. The summed E-state index contributed by atoms with van der Waals surface area (Å²) in [7, 11) is -15.7. The Labute approximate surface area is 475 Å². The number of phosphoric acid groups is 3. The van der Waals surface area contributed by atoms with E-state index in [4.69, 9.17) is 20.1 Å². The van der Waals surface area contributed by atoms with Crippen LogP contribution in [0.2, 0.25) is 0 Å². The first kappa shape index (κ1) is 58.9. The predicted octanol–water partition coefficient (Wildman–Crippen LogP) is 2.11. The molecule has 5 aromatic rings. The normalized spacial score (nSPS) is 21.8. The van der Waals surface area contributed by atoms with Gasteiger partial charge in [0, 0.05) is 97.8 Å². The van der Waals surface area contributed by atoms with Crippen molar-refractivity contribution in [2.45, 2.75) is 114 Å². The number of imidazole rings is 1. The number of carbonyl (C=O) groups is 2. The van der Waals surface area contributed by atoms with Crippen LogP contribution >= 0.6 is 23.5 Å². The molecule has 10 N–H and O–H groups in total. The molecule has 30 heteroatoms. The number of nitrogen functional groups attached to an aromatic ring is 1. The Morgan fingerprint density at radius 1 is 0.880 bits per heavy atom. The smallest absolute Gasteiger partial charge is 0.487 e. The topological polar surface area (TPSA) is 379 Å². The van der Waals surface area contributed by atoms with Gasteiger partial charge in [0.05, 0.1) is 12.2 Å². The van der Waals surface area contributed by atoms with Crippen molar-refractivity contribution < 1.29 is 75.7 Å². The second kappa shape index (κ2) is 23.9. The number of nitrogens with one attached hydrogen (secondary N) is 3. The number of aliphatic hydroxyl groups excluding tert-OH is 2. The van der Waals surface area contributed by atoms with Crippen molar-refractivity contribution in [2.24, 2.45) is 0 Å². The number of ether oxygens (including phenoxy) is 2. The molecule has 3 unspecified atom stereocenters. The highest BCUT2D eigenvalue weighted by molar-refractivity contribution is 7.66. The number of anilines is 3. The molecular weight excluding hydrogens is 1140 g/mol. The molecule has 6 aliphatic rings. The lowest BCUT2D eigenvalue weighted by atomic mass is 9.81. The molecule has 1 fully saturated rings. The van der Waals surface area contributed by atoms with Gasteiger partial charge in [-0.2, -0.15) is 9.29 Å². The molecule has 0 spiro atoms. The lowest BCUT2D eigenvalue weighted by Gasteiger charge is -2.39. The third-order valence-corrected chi connectivity index (χ3v) is 19.8. The monoisotopic (exact) mass is 1210 g/mol. The third-order valence-electron chi connectivity index (χ3n) is 16.0. The van der Waals surface area contributed by atoms with Crippen molar-refractivity contribution in [1.82, 2.24) is 34.3 Å². The lowest BCUT2D eigenvalue weighted by molar-refractivity contribution is -0.212. The van der Waals surface area contributed by atoms with Crippen LogP contribution in [-0.4, -0.2) is 139 Å². The Kier molecular flexibility index (Phi) is 16.9. The van der Waals surface area contributed by atoms with Crippen molar-refractivity contribution >= 4 is 69.6 Å². The molecule has 27 nitrogen and oxygen atoms in total. The van der Waals surface area contributed by atoms with Crippen LogP contribution in [0.5, 0.6) is 11.5 Å². The minimum atomic E-state index is -5.91. The standard InChI is InChI=1S/C53H67N10O17P3/c1-60(50(68)33-16-5-4-15-32(33)40-36-27-30-13-8-23-61-25-10-17-34(42(30)61)46(36)78-47-35-18-11-26-62-24-9-14-31(43(35)62)28-37(40)47)22-12-19-39(64)55-20-6-2-3-7-21-56-53-57-41-48(58-52(54)59-49(41)67)63(53)51-45(66)44(65)38(77-51)29-76-82(72,73)80-83(74,75)79-81(69,70)71/h4-5,15-16,27-28,38,44-45,51,65-66H,2-3,6-14,17-26,29H2,1H3,(H8,54,55,59,64,67,68,69,70,71,72,73,74,75)/t38-,44-,45-,51-/m1/s1. The van der Waals surface area contributed by atoms with E-state index >= 15 is 0 Å². The fourth-order valence-electron chi connectivity index (χ4n) is 12.5. The number of nitrogens with two attached hydrogens (primary N) is 1. The highest BCUT2D eigenvalue weighted by Crippen LogP contribution is 2.65. The molecule has 0 aliphatic carbocycles. The van der Waals surface area contributed by atoms with E-state index in [1.165, 1.54) is 33.3 Å². The summed E-state index contributed by atoms with van der Waals surface area (Å²) >= 11 is 0. The average Bonchev–Trinajstić information content (AvgIpc) is 4.20. The van der Waals surface area contributed by atoms with Crippen LogP contribution in [0.1, 0.15) is 114 Å². The number of amides is 2. The van der Waals surface area contributed by atoms with E-state index < -0.39 is 60.2 Å². The minimum absolute atomic E-state index is 0.0435. The van der Waals surface area contributed by atoms with E-state index in [1.54, 1.807) is 11.9 Å². The van der Waals surface area contributed by atoms with Crippen LogP contribution in [0.3, 0.4) is 0 Å². The summed E-state index contributed by atoms with van der Waals surface area (Å²) in [6.45, 7) is 4.17. The fraction of sp³-hybridized carbons (Fsp3) is 0.509. The van der Waals surface area contributed by atoms with Gasteiger partial charge in [-0.25, -0.2) is 23.0 Å². The Hall–Kier alpha value is -5.89. The zero-order valence-corrected chi connectivity index (χ0v) is 48.3. The zero-order valence-electron chi connectivity index (χ0n) is 45.6. The van der Waals surface area contributed by atoms with Crippen molar-refractivity contribution in [3.8, 4) is 11.5 Å². The van der Waals surface area contributed by atoms with E-state index in [1.807, 2.05) is 18.2 Å². The van der Waals surface area contributed by atoms with Gasteiger partial charge >= 0.3 is 15.6 Å². The van der Waals surface area contributed by atoms with E-state index in [9.17, 15) is 53.0 Å². The molecule has 0 radical (unpaired) electrons. The maximum atomic E-state index is 14.7. The first-order valence-electron chi connectivity index (χ1n) is 28.0. The number of aryl methyl sites for hydroxylation is 2. The Morgan fingerprint density at radius 2 is 1.60 bits per heavy atom. The molecule has 446 valence electrons. The van der Waals surface area contributed by atoms with Gasteiger partial charge in [-0.1, -0.05) is 31.0 Å². The highest BCUT2D eigenvalue weighted by atomic mass is 31.3. The average molecular weight is 1210 g/mol. The summed E-state index contributed by atoms with van der Waals surface area (Å²) in [5.41, 5.74) is 14.9. The molecule has 8 heterocycles. The van der Waals surface area contributed by atoms with Gasteiger partial charge in [-0.3, -0.25) is 33.0 Å². The van der Waals surface area contributed by atoms with E-state index in [2.05, 4.69) is 66.4 Å². The van der Waals surface area contributed by atoms with Gasteiger partial charge in [0.15, 0.2) is 17.4 Å². The van der Waals surface area contributed by atoms with E-state index in [-0.39, 0.29) is 47.8 Å². The maximum Gasteiger partial charge on any atom is 0.487 e. The van der Waals surface area contributed by atoms with Gasteiger partial charge in [0.2, 0.25) is 23.2 Å². The van der Waals surface area contributed by atoms with E-state index in [0.717, 1.165) is 122 Å². The number of phosphoric ester groups is 1. The quantitative estimate of drug-likeness (QED) is 0.0267. The number of rotatable bonds is 22. The van der Waals surface area contributed by atoms with Crippen LogP contribution in [0.4, 0.5) is 17.6 Å². The highest BCUT2D eigenvalue weighted by Gasteiger charge is 2.48. The molecule has 3 aromatic carbocycles. The Balaban J connectivity index is 0.685. The number of nitrogens with zero attached hydrogens (tertiary/aromatic N) is 6. The molecule has 2 aromatic heterocycles. The van der Waals surface area contributed by atoms with Gasteiger partial charge in [0.25, 0.3) is 19.3 Å². The van der Waals surface area contributed by atoms with Crippen molar-refractivity contribution in [1.29, 1.82) is 0 Å². The number of fused-ring (bicyclic) bond motifs is 5. The molecule has 1 saturated heterocycles. The molecular formula is C53H67N10O17P3. The predicted molar refractivity (Wildman–Crippen MR) is 299 cm³/mol. The first-order valence-corrected chi connectivity index (χ1v) is 32.5. The summed E-state index contributed by atoms with van der Waals surface area (Å²) in [5.74, 6) is 1.25. The van der Waals surface area contributed by atoms with Crippen LogP contribution in [0.15, 0.2) is 41.2 Å². The Morgan fingerprint density at radius 3 is 2.39 bits per heavy atom. The lowest BCUT2D eigenvalue weighted by Crippen LogP contribution is -2.45. The zero-order chi connectivity index (χ0) is 58.5. The molecule has 7 atom stereocenters. The van der Waals surface area contributed by atoms with Gasteiger partial charge < -0.3 is 65.4 Å². The van der Waals surface area contributed by atoms with Crippen LogP contribution in [0, 0.1) is 0 Å². The number of unbranched alkanes of at least 4 members (excludes halogenated alkanes) is 3. The van der Waals surface area contributed by atoms with Crippen molar-refractivity contribution in [3.63, 3.8) is 0 Å². The second-order valence-electron chi connectivity index (χ2n) is 21.8. The van der Waals surface area contributed by atoms with Gasteiger partial charge in [-0.05, 0) is 87.1 Å². The number of aromatic nitrogens is 4. The number of hydrogen-bond acceptors (Lipinski definition) is 19. The number of aliphatic hydroxyl groups is 2. The summed E-state index contributed by atoms with van der Waals surface area (Å²) in [6.07, 6.45) is 4.61. The van der Waals surface area contributed by atoms with Crippen LogP contribution in [0.25, 0.3) is 16.7 Å². The Bertz CT molecular complexity index is 3740. The molecule has 0 bridgehead atoms. The van der Waals surface area contributed by atoms with Gasteiger partial charge in [-0.15, -0.1) is 0 Å². The second-order valence-corrected chi connectivity index (χ2v) is 26.1. The third kappa shape index (κ3) is 12.3. The molecule has 6 aliphatic heterocycles. The molecule has 11 rings (SSSR count). The summed E-state index contributed by atoms with van der Waals surface area (Å²) < 4.78 is 63.5. The summed E-state index contributed by atoms with van der Waals surface area (Å²) in [6, 6.07) is 12.6. The minimum Gasteiger partial charge on any atom is -0.756 e. The largest absolute Gasteiger partial charge is 0.756 e. The maximum absolute atomic E-state index is 14.7. The number of H-pyrrole nitrogens is 1. The molecule has 2 amide bonds. The van der Waals surface area contributed by atoms with Crippen molar-refractivity contribution in [3.05, 3.63) is 96.3 Å². The number of hydrogen-bond donors (Lipinski definition) is 9. The summed E-state index contributed by atoms with van der Waals surface area (Å²) in [4.78, 5) is 94.5. The van der Waals surface area contributed by atoms with Crippen LogP contribution in [-0.2, 0) is 62.1 Å². The number of benzene rings is 3. The number of carbonyl (C=O) groups excluding carboxylic acids is 2. The van der Waals surface area contributed by atoms with Gasteiger partial charge in [0.1, 0.15) is 42.9 Å². The van der Waals surface area contributed by atoms with E-state index in [0.29, 0.717) is 44.3 Å². The first-order chi connectivity index (χ1) is 39.6. The van der Waals surface area contributed by atoms with Crippen LogP contribution < -0.4 is 51.6 Å².